The SMILES string of the molecule is CC1c2c(F)cc(F)cc2C(N)C1C. The molecule has 0 amide bonds. The van der Waals surface area contributed by atoms with E-state index < -0.39 is 11.6 Å². The average molecular weight is 197 g/mol. The van der Waals surface area contributed by atoms with Gasteiger partial charge in [0.15, 0.2) is 0 Å². The highest BCUT2D eigenvalue weighted by Crippen LogP contribution is 2.44. The van der Waals surface area contributed by atoms with E-state index in [1.165, 1.54) is 6.07 Å². The van der Waals surface area contributed by atoms with Crippen molar-refractivity contribution in [2.75, 3.05) is 0 Å². The van der Waals surface area contributed by atoms with Crippen LogP contribution in [0.1, 0.15) is 36.9 Å². The zero-order chi connectivity index (χ0) is 10.5. The molecule has 76 valence electrons. The molecule has 1 aliphatic carbocycles. The molecule has 0 fully saturated rings. The van der Waals surface area contributed by atoms with Gasteiger partial charge < -0.3 is 5.73 Å². The number of rotatable bonds is 0. The maximum atomic E-state index is 13.5. The second kappa shape index (κ2) is 3.02. The van der Waals surface area contributed by atoms with Crippen LogP contribution in [0.3, 0.4) is 0 Å². The molecule has 0 bridgehead atoms. The summed E-state index contributed by atoms with van der Waals surface area (Å²) in [6.45, 7) is 3.89. The van der Waals surface area contributed by atoms with Gasteiger partial charge in [-0.1, -0.05) is 13.8 Å². The molecule has 2 N–H and O–H groups in total. The molecule has 1 aliphatic rings. The minimum Gasteiger partial charge on any atom is -0.324 e. The zero-order valence-corrected chi connectivity index (χ0v) is 8.22. The summed E-state index contributed by atoms with van der Waals surface area (Å²) in [5, 5.41) is 0. The first kappa shape index (κ1) is 9.59. The third-order valence-electron chi connectivity index (χ3n) is 3.30. The Morgan fingerprint density at radius 2 is 1.86 bits per heavy atom. The largest absolute Gasteiger partial charge is 0.324 e. The maximum absolute atomic E-state index is 13.5. The Hall–Kier alpha value is -0.960. The van der Waals surface area contributed by atoms with Crippen LogP contribution in [0.5, 0.6) is 0 Å². The molecule has 14 heavy (non-hydrogen) atoms. The molecule has 3 heteroatoms. The molecule has 0 saturated heterocycles. The lowest BCUT2D eigenvalue weighted by Gasteiger charge is -2.13. The van der Waals surface area contributed by atoms with Crippen LogP contribution in [-0.4, -0.2) is 0 Å². The lowest BCUT2D eigenvalue weighted by atomic mass is 9.95. The highest BCUT2D eigenvalue weighted by molar-refractivity contribution is 5.40. The molecule has 3 atom stereocenters. The fourth-order valence-corrected chi connectivity index (χ4v) is 2.22. The molecule has 0 saturated carbocycles. The first-order valence-electron chi connectivity index (χ1n) is 4.76. The van der Waals surface area contributed by atoms with E-state index in [0.717, 1.165) is 6.07 Å². The van der Waals surface area contributed by atoms with Gasteiger partial charge in [-0.3, -0.25) is 0 Å². The van der Waals surface area contributed by atoms with E-state index in [2.05, 4.69) is 0 Å². The van der Waals surface area contributed by atoms with Gasteiger partial charge in [0, 0.05) is 12.1 Å². The number of fused-ring (bicyclic) bond motifs is 1. The van der Waals surface area contributed by atoms with Crippen molar-refractivity contribution in [1.82, 2.24) is 0 Å². The molecular formula is C11H13F2N. The third kappa shape index (κ3) is 1.16. The van der Waals surface area contributed by atoms with Gasteiger partial charge in [-0.2, -0.15) is 0 Å². The highest BCUT2D eigenvalue weighted by atomic mass is 19.1. The van der Waals surface area contributed by atoms with E-state index >= 15 is 0 Å². The van der Waals surface area contributed by atoms with E-state index in [4.69, 9.17) is 5.73 Å². The van der Waals surface area contributed by atoms with E-state index in [1.54, 1.807) is 0 Å². The van der Waals surface area contributed by atoms with Crippen molar-refractivity contribution in [3.63, 3.8) is 0 Å². The molecule has 0 aliphatic heterocycles. The third-order valence-corrected chi connectivity index (χ3v) is 3.30. The molecule has 1 aromatic rings. The highest BCUT2D eigenvalue weighted by Gasteiger charge is 2.35. The lowest BCUT2D eigenvalue weighted by Crippen LogP contribution is -2.15. The Labute approximate surface area is 81.9 Å². The second-order valence-electron chi connectivity index (χ2n) is 4.06. The minimum absolute atomic E-state index is 0.0700. The molecule has 2 rings (SSSR count). The first-order chi connectivity index (χ1) is 6.52. The van der Waals surface area contributed by atoms with Crippen molar-refractivity contribution in [2.24, 2.45) is 11.7 Å². The molecule has 1 nitrogen and oxygen atoms in total. The summed E-state index contributed by atoms with van der Waals surface area (Å²) in [5.74, 6) is -0.771. The fraction of sp³-hybridized carbons (Fsp3) is 0.455. The Morgan fingerprint density at radius 1 is 1.21 bits per heavy atom. The van der Waals surface area contributed by atoms with E-state index in [9.17, 15) is 8.78 Å². The van der Waals surface area contributed by atoms with Crippen molar-refractivity contribution in [3.8, 4) is 0 Å². The van der Waals surface area contributed by atoms with Crippen LogP contribution in [0, 0.1) is 17.6 Å². The van der Waals surface area contributed by atoms with Crippen molar-refractivity contribution in [2.45, 2.75) is 25.8 Å². The molecule has 3 unspecified atom stereocenters. The predicted octanol–water partition coefficient (Wildman–Crippen LogP) is 2.72. The molecule has 1 aromatic carbocycles. The van der Waals surface area contributed by atoms with Crippen LogP contribution in [0.2, 0.25) is 0 Å². The summed E-state index contributed by atoms with van der Waals surface area (Å²) in [4.78, 5) is 0. The Balaban J connectivity index is 2.63. The summed E-state index contributed by atoms with van der Waals surface area (Å²) in [5.41, 5.74) is 7.10. The standard InChI is InChI=1S/C11H13F2N/c1-5-6(2)11(14)8-3-7(12)4-9(13)10(5)8/h3-6,11H,14H2,1-2H3. The molecule has 0 aromatic heterocycles. The molecule has 0 spiro atoms. The van der Waals surface area contributed by atoms with Crippen molar-refractivity contribution in [3.05, 3.63) is 34.9 Å². The van der Waals surface area contributed by atoms with Crippen LogP contribution >= 0.6 is 0 Å². The Morgan fingerprint density at radius 3 is 2.50 bits per heavy atom. The maximum Gasteiger partial charge on any atom is 0.129 e. The molecule has 0 radical (unpaired) electrons. The van der Waals surface area contributed by atoms with E-state index in [0.29, 0.717) is 11.1 Å². The van der Waals surface area contributed by atoms with Crippen LogP contribution < -0.4 is 5.73 Å². The summed E-state index contributed by atoms with van der Waals surface area (Å²) in [7, 11) is 0. The summed E-state index contributed by atoms with van der Waals surface area (Å²) in [6, 6.07) is 2.04. The van der Waals surface area contributed by atoms with E-state index in [1.807, 2.05) is 13.8 Å². The smallest absolute Gasteiger partial charge is 0.129 e. The number of halogens is 2. The van der Waals surface area contributed by atoms with Gasteiger partial charge in [-0.05, 0) is 29.0 Å². The van der Waals surface area contributed by atoms with Crippen molar-refractivity contribution in [1.29, 1.82) is 0 Å². The minimum atomic E-state index is -0.544. The summed E-state index contributed by atoms with van der Waals surface area (Å²) >= 11 is 0. The normalized spacial score (nSPS) is 30.5. The number of hydrogen-bond donors (Lipinski definition) is 1. The van der Waals surface area contributed by atoms with Crippen LogP contribution in [0.25, 0.3) is 0 Å². The first-order valence-corrected chi connectivity index (χ1v) is 4.76. The monoisotopic (exact) mass is 197 g/mol. The van der Waals surface area contributed by atoms with Crippen LogP contribution in [0.4, 0.5) is 8.78 Å². The summed E-state index contributed by atoms with van der Waals surface area (Å²) < 4.78 is 26.4. The quantitative estimate of drug-likeness (QED) is 0.680. The van der Waals surface area contributed by atoms with Gasteiger partial charge in [0.05, 0.1) is 0 Å². The van der Waals surface area contributed by atoms with Crippen LogP contribution in [-0.2, 0) is 0 Å². The number of hydrogen-bond acceptors (Lipinski definition) is 1. The number of benzene rings is 1. The van der Waals surface area contributed by atoms with Gasteiger partial charge in [0.1, 0.15) is 11.6 Å². The number of nitrogens with two attached hydrogens (primary N) is 1. The fourth-order valence-electron chi connectivity index (χ4n) is 2.22. The van der Waals surface area contributed by atoms with Crippen molar-refractivity contribution >= 4 is 0 Å². The van der Waals surface area contributed by atoms with Gasteiger partial charge in [-0.15, -0.1) is 0 Å². The Kier molecular flexibility index (Phi) is 2.07. The lowest BCUT2D eigenvalue weighted by molar-refractivity contribution is 0.445. The predicted molar refractivity (Wildman–Crippen MR) is 50.9 cm³/mol. The topological polar surface area (TPSA) is 26.0 Å². The van der Waals surface area contributed by atoms with Gasteiger partial charge >= 0.3 is 0 Å². The molecule has 0 heterocycles. The van der Waals surface area contributed by atoms with Crippen LogP contribution in [0.15, 0.2) is 12.1 Å². The molecular weight excluding hydrogens is 184 g/mol. The van der Waals surface area contributed by atoms with Gasteiger partial charge in [0.2, 0.25) is 0 Å². The van der Waals surface area contributed by atoms with Gasteiger partial charge in [0.25, 0.3) is 0 Å². The Bertz CT molecular complexity index is 376. The second-order valence-corrected chi connectivity index (χ2v) is 4.06. The van der Waals surface area contributed by atoms with Crippen molar-refractivity contribution < 1.29 is 8.78 Å². The summed E-state index contributed by atoms with van der Waals surface area (Å²) in [6.07, 6.45) is 0. The van der Waals surface area contributed by atoms with Gasteiger partial charge in [-0.25, -0.2) is 8.78 Å². The average Bonchev–Trinajstić information content (AvgIpc) is 2.31. The zero-order valence-electron chi connectivity index (χ0n) is 8.22. The van der Waals surface area contributed by atoms with E-state index in [-0.39, 0.29) is 17.9 Å².